The highest BCUT2D eigenvalue weighted by Crippen LogP contribution is 2.31. The van der Waals surface area contributed by atoms with Crippen LogP contribution in [-0.4, -0.2) is 35.9 Å². The first-order valence-corrected chi connectivity index (χ1v) is 6.81. The first kappa shape index (κ1) is 13.7. The Kier molecular flexibility index (Phi) is 3.97. The number of methoxy groups -OCH3 is 1. The monoisotopic (exact) mass is 266 g/mol. The van der Waals surface area contributed by atoms with Crippen molar-refractivity contribution in [2.75, 3.05) is 30.8 Å². The number of hydrogen-bond donors (Lipinski definition) is 1. The summed E-state index contributed by atoms with van der Waals surface area (Å²) in [7, 11) is 1.37. The van der Waals surface area contributed by atoms with Crippen LogP contribution in [0.2, 0.25) is 0 Å². The van der Waals surface area contributed by atoms with Gasteiger partial charge in [-0.1, -0.05) is 6.92 Å². The highest BCUT2D eigenvalue weighted by Gasteiger charge is 2.29. The molecule has 1 unspecified atom stereocenters. The van der Waals surface area contributed by atoms with Crippen molar-refractivity contribution in [1.82, 2.24) is 9.78 Å². The molecule has 1 aliphatic rings. The van der Waals surface area contributed by atoms with E-state index in [-0.39, 0.29) is 6.04 Å². The summed E-state index contributed by atoms with van der Waals surface area (Å²) in [6, 6.07) is 0.166. The molecule has 2 N–H and O–H groups in total. The molecule has 0 aromatic carbocycles. The van der Waals surface area contributed by atoms with Crippen LogP contribution >= 0.6 is 0 Å². The predicted octanol–water partition coefficient (Wildman–Crippen LogP) is 1.82. The fraction of sp³-hybridized carbons (Fsp3) is 0.692. The molecule has 0 spiro atoms. The zero-order chi connectivity index (χ0) is 14.0. The van der Waals surface area contributed by atoms with Crippen LogP contribution in [0.25, 0.3) is 0 Å². The molecule has 1 atom stereocenters. The zero-order valence-electron chi connectivity index (χ0n) is 11.8. The van der Waals surface area contributed by atoms with E-state index in [1.165, 1.54) is 7.11 Å². The van der Waals surface area contributed by atoms with Gasteiger partial charge in [0.15, 0.2) is 5.82 Å². The third kappa shape index (κ3) is 2.39. The lowest BCUT2D eigenvalue weighted by atomic mass is 10.2. The van der Waals surface area contributed by atoms with Gasteiger partial charge in [-0.15, -0.1) is 0 Å². The highest BCUT2D eigenvalue weighted by atomic mass is 16.5. The number of esters is 1. The summed E-state index contributed by atoms with van der Waals surface area (Å²) >= 11 is 0. The van der Waals surface area contributed by atoms with E-state index in [9.17, 15) is 4.79 Å². The molecule has 0 aliphatic carbocycles. The Morgan fingerprint density at radius 1 is 1.47 bits per heavy atom. The molecule has 0 saturated carbocycles. The summed E-state index contributed by atoms with van der Waals surface area (Å²) in [5, 5.41) is 4.55. The number of hydrogen-bond acceptors (Lipinski definition) is 5. The van der Waals surface area contributed by atoms with Gasteiger partial charge in [-0.25, -0.2) is 9.48 Å². The first-order chi connectivity index (χ1) is 9.10. The summed E-state index contributed by atoms with van der Waals surface area (Å²) in [6.07, 6.45) is 3.15. The second kappa shape index (κ2) is 5.50. The molecule has 1 fully saturated rings. The maximum Gasteiger partial charge on any atom is 0.345 e. The van der Waals surface area contributed by atoms with Crippen molar-refractivity contribution in [2.24, 2.45) is 0 Å². The Labute approximate surface area is 113 Å². The van der Waals surface area contributed by atoms with Crippen molar-refractivity contribution in [2.45, 2.75) is 39.2 Å². The SMILES string of the molecule is CCC(C)n1nc(N2CCCC2)c(C(=O)OC)c1N. The number of rotatable bonds is 4. The van der Waals surface area contributed by atoms with Gasteiger partial charge in [0.25, 0.3) is 0 Å². The van der Waals surface area contributed by atoms with Crippen molar-refractivity contribution < 1.29 is 9.53 Å². The van der Waals surface area contributed by atoms with Crippen molar-refractivity contribution in [3.63, 3.8) is 0 Å². The van der Waals surface area contributed by atoms with Gasteiger partial charge >= 0.3 is 5.97 Å². The minimum Gasteiger partial charge on any atom is -0.465 e. The number of aromatic nitrogens is 2. The van der Waals surface area contributed by atoms with E-state index >= 15 is 0 Å². The lowest BCUT2D eigenvalue weighted by Gasteiger charge is -2.15. The van der Waals surface area contributed by atoms with Crippen LogP contribution in [0.4, 0.5) is 11.6 Å². The molecule has 2 rings (SSSR count). The average molecular weight is 266 g/mol. The summed E-state index contributed by atoms with van der Waals surface area (Å²) in [5.74, 6) is 0.666. The molecule has 2 heterocycles. The van der Waals surface area contributed by atoms with Crippen LogP contribution in [0.5, 0.6) is 0 Å². The number of nitrogen functional groups attached to an aromatic ring is 1. The van der Waals surface area contributed by atoms with Gasteiger partial charge in [-0.3, -0.25) is 0 Å². The Balaban J connectivity index is 2.47. The van der Waals surface area contributed by atoms with E-state index in [1.54, 1.807) is 4.68 Å². The lowest BCUT2D eigenvalue weighted by molar-refractivity contribution is 0.0602. The van der Waals surface area contributed by atoms with Crippen molar-refractivity contribution >= 4 is 17.6 Å². The van der Waals surface area contributed by atoms with Crippen LogP contribution in [0, 0.1) is 0 Å². The van der Waals surface area contributed by atoms with Crippen molar-refractivity contribution in [1.29, 1.82) is 0 Å². The van der Waals surface area contributed by atoms with Gasteiger partial charge in [-0.2, -0.15) is 5.10 Å². The fourth-order valence-corrected chi connectivity index (χ4v) is 2.39. The normalized spacial score (nSPS) is 16.7. The predicted molar refractivity (Wildman–Crippen MR) is 74.4 cm³/mol. The maximum atomic E-state index is 12.0. The molecule has 0 amide bonds. The number of nitrogens with zero attached hydrogens (tertiary/aromatic N) is 3. The minimum absolute atomic E-state index is 0.166. The molecule has 1 aromatic heterocycles. The minimum atomic E-state index is -0.408. The number of carbonyl (C=O) groups excluding carboxylic acids is 1. The van der Waals surface area contributed by atoms with Crippen LogP contribution in [0.3, 0.4) is 0 Å². The zero-order valence-corrected chi connectivity index (χ0v) is 11.8. The largest absolute Gasteiger partial charge is 0.465 e. The molecule has 19 heavy (non-hydrogen) atoms. The van der Waals surface area contributed by atoms with E-state index in [4.69, 9.17) is 10.5 Å². The molecular formula is C13H22N4O2. The number of ether oxygens (including phenoxy) is 1. The van der Waals surface area contributed by atoms with E-state index in [0.717, 1.165) is 32.4 Å². The standard InChI is InChI=1S/C13H22N4O2/c1-4-9(2)17-11(14)10(13(18)19-3)12(15-17)16-7-5-6-8-16/h9H,4-8,14H2,1-3H3. The lowest BCUT2D eigenvalue weighted by Crippen LogP contribution is -2.21. The summed E-state index contributed by atoms with van der Waals surface area (Å²) in [4.78, 5) is 14.1. The Morgan fingerprint density at radius 2 is 2.11 bits per heavy atom. The van der Waals surface area contributed by atoms with E-state index in [2.05, 4.69) is 16.9 Å². The molecular weight excluding hydrogens is 244 g/mol. The van der Waals surface area contributed by atoms with Crippen molar-refractivity contribution in [3.05, 3.63) is 5.56 Å². The molecule has 106 valence electrons. The second-order valence-electron chi connectivity index (χ2n) is 4.97. The maximum absolute atomic E-state index is 12.0. The highest BCUT2D eigenvalue weighted by molar-refractivity contribution is 5.99. The molecule has 0 radical (unpaired) electrons. The van der Waals surface area contributed by atoms with Gasteiger partial charge in [0.05, 0.1) is 13.2 Å². The molecule has 6 heteroatoms. The third-order valence-corrected chi connectivity index (χ3v) is 3.73. The quantitative estimate of drug-likeness (QED) is 0.841. The van der Waals surface area contributed by atoms with Crippen LogP contribution in [-0.2, 0) is 4.74 Å². The van der Waals surface area contributed by atoms with E-state index in [1.807, 2.05) is 6.92 Å². The van der Waals surface area contributed by atoms with Crippen LogP contribution < -0.4 is 10.6 Å². The Hall–Kier alpha value is -1.72. The first-order valence-electron chi connectivity index (χ1n) is 6.81. The van der Waals surface area contributed by atoms with Gasteiger partial charge in [0, 0.05) is 13.1 Å². The molecule has 1 aromatic rings. The van der Waals surface area contributed by atoms with Crippen molar-refractivity contribution in [3.8, 4) is 0 Å². The summed E-state index contributed by atoms with van der Waals surface area (Å²) < 4.78 is 6.58. The third-order valence-electron chi connectivity index (χ3n) is 3.73. The van der Waals surface area contributed by atoms with Gasteiger partial charge in [-0.05, 0) is 26.2 Å². The molecule has 0 bridgehead atoms. The van der Waals surface area contributed by atoms with E-state index in [0.29, 0.717) is 17.2 Å². The number of nitrogens with two attached hydrogens (primary N) is 1. The Bertz CT molecular complexity index is 463. The van der Waals surface area contributed by atoms with Gasteiger partial charge in [0.1, 0.15) is 11.4 Å². The summed E-state index contributed by atoms with van der Waals surface area (Å²) in [5.41, 5.74) is 6.50. The second-order valence-corrected chi connectivity index (χ2v) is 4.97. The number of anilines is 2. The van der Waals surface area contributed by atoms with Crippen LogP contribution in [0.15, 0.2) is 0 Å². The van der Waals surface area contributed by atoms with Crippen LogP contribution in [0.1, 0.15) is 49.5 Å². The van der Waals surface area contributed by atoms with E-state index < -0.39 is 5.97 Å². The van der Waals surface area contributed by atoms with Gasteiger partial charge < -0.3 is 15.4 Å². The Morgan fingerprint density at radius 3 is 2.63 bits per heavy atom. The fourth-order valence-electron chi connectivity index (χ4n) is 2.39. The molecule has 6 nitrogen and oxygen atoms in total. The number of carbonyl (C=O) groups is 1. The topological polar surface area (TPSA) is 73.4 Å². The average Bonchev–Trinajstić information content (AvgIpc) is 3.04. The molecule has 1 aliphatic heterocycles. The van der Waals surface area contributed by atoms with Gasteiger partial charge in [0.2, 0.25) is 0 Å². The molecule has 1 saturated heterocycles. The summed E-state index contributed by atoms with van der Waals surface area (Å²) in [6.45, 7) is 5.94. The smallest absolute Gasteiger partial charge is 0.345 e.